The Morgan fingerprint density at radius 1 is 1.41 bits per heavy atom. The first kappa shape index (κ1) is 12.2. The third-order valence-electron chi connectivity index (χ3n) is 2.63. The zero-order valence-electron chi connectivity index (χ0n) is 9.77. The predicted octanol–water partition coefficient (Wildman–Crippen LogP) is 3.76. The van der Waals surface area contributed by atoms with Crippen LogP contribution in [0.4, 0.5) is 0 Å². The zero-order chi connectivity index (χ0) is 12.6. The van der Waals surface area contributed by atoms with Crippen molar-refractivity contribution in [1.29, 1.82) is 0 Å². The maximum absolute atomic E-state index is 11.2. The summed E-state index contributed by atoms with van der Waals surface area (Å²) < 4.78 is 2.83. The number of hydrogen-bond donors (Lipinski definition) is 1. The number of carboxylic acids is 1. The van der Waals surface area contributed by atoms with Crippen LogP contribution in [-0.4, -0.2) is 15.6 Å². The van der Waals surface area contributed by atoms with Crippen LogP contribution in [-0.2, 0) is 6.54 Å². The second kappa shape index (κ2) is 4.53. The second-order valence-electron chi connectivity index (χ2n) is 4.54. The molecule has 0 aliphatic rings. The summed E-state index contributed by atoms with van der Waals surface area (Å²) in [6, 6.07) is 7.56. The smallest absolute Gasteiger partial charge is 0.352 e. The highest BCUT2D eigenvalue weighted by molar-refractivity contribution is 9.10. The van der Waals surface area contributed by atoms with Crippen molar-refractivity contribution in [2.24, 2.45) is 5.92 Å². The minimum atomic E-state index is -0.877. The van der Waals surface area contributed by atoms with E-state index in [4.69, 9.17) is 0 Å². The van der Waals surface area contributed by atoms with Crippen molar-refractivity contribution in [2.75, 3.05) is 0 Å². The van der Waals surface area contributed by atoms with Crippen molar-refractivity contribution >= 4 is 32.8 Å². The Morgan fingerprint density at radius 2 is 2.12 bits per heavy atom. The van der Waals surface area contributed by atoms with Crippen LogP contribution in [0.1, 0.15) is 24.3 Å². The molecule has 4 heteroatoms. The molecule has 0 unspecified atom stereocenters. The Morgan fingerprint density at radius 3 is 2.71 bits per heavy atom. The normalized spacial score (nSPS) is 11.3. The van der Waals surface area contributed by atoms with E-state index in [-0.39, 0.29) is 0 Å². The predicted molar refractivity (Wildman–Crippen MR) is 71.4 cm³/mol. The van der Waals surface area contributed by atoms with Gasteiger partial charge in [0.05, 0.1) is 0 Å². The summed E-state index contributed by atoms with van der Waals surface area (Å²) in [5.74, 6) is -0.467. The number of aromatic nitrogens is 1. The molecule has 2 aromatic rings. The van der Waals surface area contributed by atoms with Crippen LogP contribution < -0.4 is 0 Å². The van der Waals surface area contributed by atoms with Gasteiger partial charge in [-0.2, -0.15) is 0 Å². The third-order valence-corrected chi connectivity index (χ3v) is 3.12. The monoisotopic (exact) mass is 295 g/mol. The maximum atomic E-state index is 11.2. The molecule has 2 rings (SSSR count). The summed E-state index contributed by atoms with van der Waals surface area (Å²) in [5, 5.41) is 10.2. The number of rotatable bonds is 3. The molecule has 0 fully saturated rings. The van der Waals surface area contributed by atoms with E-state index in [9.17, 15) is 9.90 Å². The van der Waals surface area contributed by atoms with Crippen LogP contribution >= 0.6 is 15.9 Å². The van der Waals surface area contributed by atoms with E-state index in [1.807, 2.05) is 22.8 Å². The van der Waals surface area contributed by atoms with Gasteiger partial charge in [0, 0.05) is 21.9 Å². The number of nitrogens with zero attached hydrogens (tertiary/aromatic N) is 1. The number of halogens is 1. The fraction of sp³-hybridized carbons (Fsp3) is 0.308. The topological polar surface area (TPSA) is 42.2 Å². The molecule has 1 aromatic carbocycles. The number of carboxylic acid groups (broad SMARTS) is 1. The average Bonchev–Trinajstić information content (AvgIpc) is 2.55. The molecule has 0 aliphatic heterocycles. The lowest BCUT2D eigenvalue weighted by molar-refractivity contribution is 0.0685. The van der Waals surface area contributed by atoms with E-state index in [1.54, 1.807) is 6.07 Å². The van der Waals surface area contributed by atoms with Gasteiger partial charge >= 0.3 is 5.97 Å². The Labute approximate surface area is 108 Å². The van der Waals surface area contributed by atoms with Crippen molar-refractivity contribution in [2.45, 2.75) is 20.4 Å². The van der Waals surface area contributed by atoms with Crippen LogP contribution in [0.25, 0.3) is 10.9 Å². The third kappa shape index (κ3) is 2.36. The molecule has 17 heavy (non-hydrogen) atoms. The first-order chi connectivity index (χ1) is 7.99. The standard InChI is InChI=1S/C13H14BrNO2/c1-8(2)7-15-11-4-3-10(14)5-9(11)6-12(15)13(16)17/h3-6,8H,7H2,1-2H3,(H,16,17). The van der Waals surface area contributed by atoms with Gasteiger partial charge in [0.2, 0.25) is 0 Å². The highest BCUT2D eigenvalue weighted by Crippen LogP contribution is 2.24. The van der Waals surface area contributed by atoms with Crippen LogP contribution in [0.3, 0.4) is 0 Å². The number of hydrogen-bond acceptors (Lipinski definition) is 1. The van der Waals surface area contributed by atoms with E-state index in [0.717, 1.165) is 15.4 Å². The van der Waals surface area contributed by atoms with E-state index in [2.05, 4.69) is 29.8 Å². The second-order valence-corrected chi connectivity index (χ2v) is 5.46. The Kier molecular flexibility index (Phi) is 3.24. The van der Waals surface area contributed by atoms with Gasteiger partial charge in [-0.05, 0) is 30.2 Å². The summed E-state index contributed by atoms with van der Waals surface area (Å²) >= 11 is 3.40. The van der Waals surface area contributed by atoms with Crippen molar-refractivity contribution < 1.29 is 9.90 Å². The number of aromatic carboxylic acids is 1. The summed E-state index contributed by atoms with van der Waals surface area (Å²) in [6.07, 6.45) is 0. The SMILES string of the molecule is CC(C)Cn1c(C(=O)O)cc2cc(Br)ccc21. The summed E-state index contributed by atoms with van der Waals surface area (Å²) in [6.45, 7) is 4.87. The van der Waals surface area contributed by atoms with Gasteiger partial charge in [-0.3, -0.25) is 0 Å². The fourth-order valence-corrected chi connectivity index (χ4v) is 2.36. The van der Waals surface area contributed by atoms with Crippen molar-refractivity contribution in [3.8, 4) is 0 Å². The molecular weight excluding hydrogens is 282 g/mol. The lowest BCUT2D eigenvalue weighted by Crippen LogP contribution is -2.11. The van der Waals surface area contributed by atoms with Crippen LogP contribution in [0.15, 0.2) is 28.7 Å². The molecule has 90 valence electrons. The van der Waals surface area contributed by atoms with E-state index in [1.165, 1.54) is 0 Å². The van der Waals surface area contributed by atoms with E-state index >= 15 is 0 Å². The van der Waals surface area contributed by atoms with Gasteiger partial charge < -0.3 is 9.67 Å². The van der Waals surface area contributed by atoms with E-state index in [0.29, 0.717) is 18.2 Å². The minimum absolute atomic E-state index is 0.354. The molecule has 0 saturated carbocycles. The van der Waals surface area contributed by atoms with Gasteiger partial charge in [0.25, 0.3) is 0 Å². The van der Waals surface area contributed by atoms with Gasteiger partial charge in [0.1, 0.15) is 5.69 Å². The lowest BCUT2D eigenvalue weighted by Gasteiger charge is -2.10. The molecule has 0 amide bonds. The Hall–Kier alpha value is -1.29. The molecule has 0 saturated heterocycles. The first-order valence-corrected chi connectivity index (χ1v) is 6.30. The molecule has 1 aromatic heterocycles. The largest absolute Gasteiger partial charge is 0.477 e. The molecule has 3 nitrogen and oxygen atoms in total. The lowest BCUT2D eigenvalue weighted by atomic mass is 10.2. The highest BCUT2D eigenvalue weighted by atomic mass is 79.9. The summed E-state index contributed by atoms with van der Waals surface area (Å²) in [5.41, 5.74) is 1.33. The minimum Gasteiger partial charge on any atom is -0.477 e. The highest BCUT2D eigenvalue weighted by Gasteiger charge is 2.15. The van der Waals surface area contributed by atoms with Gasteiger partial charge in [-0.15, -0.1) is 0 Å². The number of benzene rings is 1. The zero-order valence-corrected chi connectivity index (χ0v) is 11.4. The summed E-state index contributed by atoms with van der Waals surface area (Å²) in [4.78, 5) is 11.2. The van der Waals surface area contributed by atoms with Gasteiger partial charge in [-0.1, -0.05) is 29.8 Å². The number of carbonyl (C=O) groups is 1. The molecule has 0 aliphatic carbocycles. The fourth-order valence-electron chi connectivity index (χ4n) is 1.98. The van der Waals surface area contributed by atoms with Crippen molar-refractivity contribution in [3.05, 3.63) is 34.4 Å². The molecular formula is C13H14BrNO2. The Balaban J connectivity index is 2.66. The first-order valence-electron chi connectivity index (χ1n) is 5.51. The maximum Gasteiger partial charge on any atom is 0.352 e. The van der Waals surface area contributed by atoms with Crippen molar-refractivity contribution in [3.63, 3.8) is 0 Å². The quantitative estimate of drug-likeness (QED) is 0.937. The van der Waals surface area contributed by atoms with Crippen molar-refractivity contribution in [1.82, 2.24) is 4.57 Å². The molecule has 1 heterocycles. The summed E-state index contributed by atoms with van der Waals surface area (Å²) in [7, 11) is 0. The average molecular weight is 296 g/mol. The Bertz CT molecular complexity index is 572. The molecule has 0 spiro atoms. The van der Waals surface area contributed by atoms with Crippen LogP contribution in [0.5, 0.6) is 0 Å². The van der Waals surface area contributed by atoms with Gasteiger partial charge in [0.15, 0.2) is 0 Å². The van der Waals surface area contributed by atoms with Crippen LogP contribution in [0.2, 0.25) is 0 Å². The van der Waals surface area contributed by atoms with Crippen LogP contribution in [0, 0.1) is 5.92 Å². The van der Waals surface area contributed by atoms with Gasteiger partial charge in [-0.25, -0.2) is 4.79 Å². The number of fused-ring (bicyclic) bond motifs is 1. The molecule has 0 atom stereocenters. The van der Waals surface area contributed by atoms with E-state index < -0.39 is 5.97 Å². The molecule has 1 N–H and O–H groups in total. The molecule has 0 radical (unpaired) electrons. The molecule has 0 bridgehead atoms.